The van der Waals surface area contributed by atoms with Gasteiger partial charge in [-0.25, -0.2) is 4.98 Å². The summed E-state index contributed by atoms with van der Waals surface area (Å²) >= 11 is 1.67. The maximum atomic E-state index is 10.8. The molecule has 0 aliphatic carbocycles. The molecular formula is C10H14N2O2S. The number of hydrogen-bond donors (Lipinski definition) is 1. The second-order valence-corrected chi connectivity index (χ2v) is 4.08. The van der Waals surface area contributed by atoms with Gasteiger partial charge in [0.25, 0.3) is 0 Å². The van der Waals surface area contributed by atoms with E-state index in [4.69, 9.17) is 5.73 Å². The third kappa shape index (κ3) is 4.69. The molecule has 0 atom stereocenters. The van der Waals surface area contributed by atoms with Crippen LogP contribution in [0.3, 0.4) is 0 Å². The summed E-state index contributed by atoms with van der Waals surface area (Å²) < 4.78 is 4.54. The standard InChI is InChI=1S/C10H14N2O2S/c1-14-10(13)4-5-15-7-8-2-3-9(11)12-6-8/h2-3,6H,4-5,7H2,1H3,(H2,11,12). The van der Waals surface area contributed by atoms with Crippen LogP contribution in [0.25, 0.3) is 0 Å². The number of nitrogen functional groups attached to an aromatic ring is 1. The zero-order valence-corrected chi connectivity index (χ0v) is 9.42. The molecule has 0 saturated carbocycles. The summed E-state index contributed by atoms with van der Waals surface area (Å²) in [5.74, 6) is 1.96. The van der Waals surface area contributed by atoms with E-state index in [1.807, 2.05) is 6.07 Å². The molecule has 82 valence electrons. The van der Waals surface area contributed by atoms with Crippen LogP contribution >= 0.6 is 11.8 Å². The number of carbonyl (C=O) groups is 1. The van der Waals surface area contributed by atoms with Crippen molar-refractivity contribution in [2.75, 3.05) is 18.6 Å². The molecular weight excluding hydrogens is 212 g/mol. The van der Waals surface area contributed by atoms with E-state index < -0.39 is 0 Å². The zero-order chi connectivity index (χ0) is 11.1. The predicted octanol–water partition coefficient (Wildman–Crippen LogP) is 1.46. The molecule has 0 saturated heterocycles. The molecule has 1 rings (SSSR count). The first-order chi connectivity index (χ1) is 7.22. The van der Waals surface area contributed by atoms with Gasteiger partial charge in [0.05, 0.1) is 13.5 Å². The Morgan fingerprint density at radius 3 is 3.00 bits per heavy atom. The summed E-state index contributed by atoms with van der Waals surface area (Å²) in [5, 5.41) is 0. The van der Waals surface area contributed by atoms with Crippen LogP contribution in [-0.4, -0.2) is 23.8 Å². The first-order valence-electron chi connectivity index (χ1n) is 4.57. The van der Waals surface area contributed by atoms with Gasteiger partial charge in [-0.1, -0.05) is 6.07 Å². The Hall–Kier alpha value is -1.23. The highest BCUT2D eigenvalue weighted by Gasteiger charge is 2.00. The van der Waals surface area contributed by atoms with Crippen LogP contribution in [0.2, 0.25) is 0 Å². The molecule has 2 N–H and O–H groups in total. The largest absolute Gasteiger partial charge is 0.469 e. The van der Waals surface area contributed by atoms with Gasteiger partial charge in [-0.3, -0.25) is 4.79 Å². The fourth-order valence-electron chi connectivity index (χ4n) is 0.969. The number of ether oxygens (including phenoxy) is 1. The maximum Gasteiger partial charge on any atom is 0.306 e. The van der Waals surface area contributed by atoms with Gasteiger partial charge in [-0.2, -0.15) is 11.8 Å². The van der Waals surface area contributed by atoms with Gasteiger partial charge in [0.15, 0.2) is 0 Å². The second kappa shape index (κ2) is 6.29. The fourth-order valence-corrected chi connectivity index (χ4v) is 1.83. The number of anilines is 1. The molecule has 1 heterocycles. The Kier molecular flexibility index (Phi) is 4.97. The lowest BCUT2D eigenvalue weighted by atomic mass is 10.3. The Labute approximate surface area is 93.2 Å². The molecule has 0 aliphatic rings. The van der Waals surface area contributed by atoms with Gasteiger partial charge in [-0.15, -0.1) is 0 Å². The fraction of sp³-hybridized carbons (Fsp3) is 0.400. The second-order valence-electron chi connectivity index (χ2n) is 2.97. The van der Waals surface area contributed by atoms with Crippen LogP contribution in [0.4, 0.5) is 5.82 Å². The molecule has 1 aromatic rings. The summed E-state index contributed by atoms with van der Waals surface area (Å²) in [5.41, 5.74) is 6.57. The monoisotopic (exact) mass is 226 g/mol. The van der Waals surface area contributed by atoms with Crippen LogP contribution in [0.1, 0.15) is 12.0 Å². The molecule has 15 heavy (non-hydrogen) atoms. The first-order valence-corrected chi connectivity index (χ1v) is 5.73. The molecule has 5 heteroatoms. The van der Waals surface area contributed by atoms with Crippen molar-refractivity contribution in [3.8, 4) is 0 Å². The molecule has 4 nitrogen and oxygen atoms in total. The van der Waals surface area contributed by atoms with Crippen LogP contribution < -0.4 is 5.73 Å². The number of rotatable bonds is 5. The lowest BCUT2D eigenvalue weighted by molar-refractivity contribution is -0.140. The van der Waals surface area contributed by atoms with Gasteiger partial charge in [0.1, 0.15) is 5.82 Å². The van der Waals surface area contributed by atoms with E-state index >= 15 is 0 Å². The van der Waals surface area contributed by atoms with Crippen molar-refractivity contribution in [3.05, 3.63) is 23.9 Å². The SMILES string of the molecule is COC(=O)CCSCc1ccc(N)nc1. The Balaban J connectivity index is 2.20. The van der Waals surface area contributed by atoms with Gasteiger partial charge >= 0.3 is 5.97 Å². The molecule has 0 fully saturated rings. The first kappa shape index (κ1) is 11.8. The zero-order valence-electron chi connectivity index (χ0n) is 8.60. The summed E-state index contributed by atoms with van der Waals surface area (Å²) in [4.78, 5) is 14.8. The van der Waals surface area contributed by atoms with Crippen LogP contribution in [0, 0.1) is 0 Å². The average molecular weight is 226 g/mol. The van der Waals surface area contributed by atoms with E-state index in [1.54, 1.807) is 24.0 Å². The predicted molar refractivity (Wildman–Crippen MR) is 61.4 cm³/mol. The third-order valence-electron chi connectivity index (χ3n) is 1.79. The van der Waals surface area contributed by atoms with E-state index in [0.717, 1.165) is 17.1 Å². The smallest absolute Gasteiger partial charge is 0.306 e. The van der Waals surface area contributed by atoms with Gasteiger partial charge < -0.3 is 10.5 Å². The average Bonchev–Trinajstić information content (AvgIpc) is 2.26. The van der Waals surface area contributed by atoms with Crippen molar-refractivity contribution in [1.82, 2.24) is 4.98 Å². The van der Waals surface area contributed by atoms with E-state index in [0.29, 0.717) is 12.2 Å². The number of nitrogens with two attached hydrogens (primary N) is 1. The van der Waals surface area contributed by atoms with Gasteiger partial charge in [-0.05, 0) is 11.6 Å². The summed E-state index contributed by atoms with van der Waals surface area (Å²) in [6, 6.07) is 3.71. The quantitative estimate of drug-likeness (QED) is 0.608. The van der Waals surface area contributed by atoms with Gasteiger partial charge in [0.2, 0.25) is 0 Å². The third-order valence-corrected chi connectivity index (χ3v) is 2.82. The van der Waals surface area contributed by atoms with Crippen LogP contribution in [0.15, 0.2) is 18.3 Å². The van der Waals surface area contributed by atoms with Crippen molar-refractivity contribution in [2.45, 2.75) is 12.2 Å². The number of nitrogens with zero attached hydrogens (tertiary/aromatic N) is 1. The molecule has 1 aromatic heterocycles. The highest BCUT2D eigenvalue weighted by Crippen LogP contribution is 2.13. The number of esters is 1. The molecule has 0 amide bonds. The van der Waals surface area contributed by atoms with Crippen molar-refractivity contribution < 1.29 is 9.53 Å². The molecule has 0 aliphatic heterocycles. The number of thioether (sulfide) groups is 1. The van der Waals surface area contributed by atoms with Crippen LogP contribution in [-0.2, 0) is 15.3 Å². The van der Waals surface area contributed by atoms with Crippen molar-refractivity contribution in [1.29, 1.82) is 0 Å². The Morgan fingerprint density at radius 2 is 2.40 bits per heavy atom. The van der Waals surface area contributed by atoms with Crippen molar-refractivity contribution in [3.63, 3.8) is 0 Å². The van der Waals surface area contributed by atoms with E-state index in [-0.39, 0.29) is 5.97 Å². The molecule has 0 spiro atoms. The number of pyridine rings is 1. The number of methoxy groups -OCH3 is 1. The minimum atomic E-state index is -0.169. The Morgan fingerprint density at radius 1 is 1.60 bits per heavy atom. The summed E-state index contributed by atoms with van der Waals surface area (Å²) in [6.07, 6.45) is 2.20. The highest BCUT2D eigenvalue weighted by atomic mass is 32.2. The number of aromatic nitrogens is 1. The van der Waals surface area contributed by atoms with E-state index in [2.05, 4.69) is 9.72 Å². The maximum absolute atomic E-state index is 10.8. The topological polar surface area (TPSA) is 65.2 Å². The minimum Gasteiger partial charge on any atom is -0.469 e. The molecule has 0 unspecified atom stereocenters. The van der Waals surface area contributed by atoms with Gasteiger partial charge in [0, 0.05) is 17.7 Å². The van der Waals surface area contributed by atoms with Crippen molar-refractivity contribution in [2.24, 2.45) is 0 Å². The summed E-state index contributed by atoms with van der Waals surface area (Å²) in [7, 11) is 1.40. The lowest BCUT2D eigenvalue weighted by Crippen LogP contribution is -2.01. The normalized spacial score (nSPS) is 9.93. The van der Waals surface area contributed by atoms with Crippen LogP contribution in [0.5, 0.6) is 0 Å². The molecule has 0 radical (unpaired) electrons. The molecule has 0 bridgehead atoms. The van der Waals surface area contributed by atoms with E-state index in [9.17, 15) is 4.79 Å². The number of hydrogen-bond acceptors (Lipinski definition) is 5. The minimum absolute atomic E-state index is 0.169. The Bertz CT molecular complexity index is 314. The molecule has 0 aromatic carbocycles. The lowest BCUT2D eigenvalue weighted by Gasteiger charge is -2.01. The van der Waals surface area contributed by atoms with E-state index in [1.165, 1.54) is 7.11 Å². The number of carbonyl (C=O) groups excluding carboxylic acids is 1. The summed E-state index contributed by atoms with van der Waals surface area (Å²) in [6.45, 7) is 0. The van der Waals surface area contributed by atoms with Crippen molar-refractivity contribution >= 4 is 23.5 Å². The highest BCUT2D eigenvalue weighted by molar-refractivity contribution is 7.98.